The maximum absolute atomic E-state index is 12.3. The zero-order chi connectivity index (χ0) is 10.4. The van der Waals surface area contributed by atoms with Gasteiger partial charge in [0.2, 0.25) is 0 Å². The fourth-order valence-corrected chi connectivity index (χ4v) is 2.72. The number of allylic oxidation sites excluding steroid dienone is 1. The summed E-state index contributed by atoms with van der Waals surface area (Å²) in [6, 6.07) is 9.40. The molecule has 1 rings (SSSR count). The molecule has 0 saturated heterocycles. The molecule has 1 aromatic rings. The summed E-state index contributed by atoms with van der Waals surface area (Å²) in [6.45, 7) is 1.92. The fraction of sp³-hybridized carbons (Fsp3) is 0.273. The third-order valence-electron chi connectivity index (χ3n) is 1.96. The first-order valence-corrected chi connectivity index (χ1v) is 6.20. The molecule has 14 heavy (non-hydrogen) atoms. The molecule has 0 N–H and O–H groups in total. The van der Waals surface area contributed by atoms with Gasteiger partial charge in [0.1, 0.15) is 0 Å². The van der Waals surface area contributed by atoms with Crippen LogP contribution in [0.5, 0.6) is 0 Å². The molecule has 0 aromatic heterocycles. The predicted octanol–water partition coefficient (Wildman–Crippen LogP) is 2.72. The molecule has 0 saturated carbocycles. The van der Waals surface area contributed by atoms with E-state index >= 15 is 0 Å². The Morgan fingerprint density at radius 2 is 2.00 bits per heavy atom. The van der Waals surface area contributed by atoms with Crippen molar-refractivity contribution in [1.82, 2.24) is 0 Å². The maximum Gasteiger partial charge on any atom is 0.0785 e. The van der Waals surface area contributed by atoms with Gasteiger partial charge in [-0.25, -0.2) is 8.57 Å². The zero-order valence-electron chi connectivity index (χ0n) is 8.51. The third-order valence-corrected chi connectivity index (χ3v) is 4.21. The molecule has 2 nitrogen and oxygen atoms in total. The van der Waals surface area contributed by atoms with Crippen LogP contribution in [0.2, 0.25) is 0 Å². The molecule has 0 bridgehead atoms. The summed E-state index contributed by atoms with van der Waals surface area (Å²) in [5, 5.41) is 0. The van der Waals surface area contributed by atoms with Gasteiger partial charge in [-0.2, -0.15) is 0 Å². The molecule has 0 spiro atoms. The number of benzene rings is 1. The molecule has 1 unspecified atom stereocenters. The molecular formula is C11H15NOS. The van der Waals surface area contributed by atoms with E-state index in [2.05, 4.69) is 4.36 Å². The molecule has 0 aliphatic rings. The molecule has 0 heterocycles. The summed E-state index contributed by atoms with van der Waals surface area (Å²) < 4.78 is 16.3. The van der Waals surface area contributed by atoms with E-state index in [0.717, 1.165) is 4.90 Å². The van der Waals surface area contributed by atoms with Crippen LogP contribution >= 0.6 is 0 Å². The zero-order valence-corrected chi connectivity index (χ0v) is 9.33. The van der Waals surface area contributed by atoms with E-state index in [1.165, 1.54) is 0 Å². The van der Waals surface area contributed by atoms with Gasteiger partial charge >= 0.3 is 0 Å². The van der Waals surface area contributed by atoms with Gasteiger partial charge in [0.05, 0.1) is 15.5 Å². The average Bonchev–Trinajstić information content (AvgIpc) is 2.27. The average molecular weight is 209 g/mol. The van der Waals surface area contributed by atoms with Crippen molar-refractivity contribution in [1.29, 1.82) is 0 Å². The molecular weight excluding hydrogens is 194 g/mol. The molecule has 76 valence electrons. The van der Waals surface area contributed by atoms with Crippen LogP contribution in [0.4, 0.5) is 0 Å². The summed E-state index contributed by atoms with van der Waals surface area (Å²) in [6.07, 6.45) is 3.79. The second kappa shape index (κ2) is 4.96. The SMILES string of the molecule is C/C=C\CS(=O)(=NC)c1ccccc1. The Morgan fingerprint density at radius 1 is 1.36 bits per heavy atom. The highest BCUT2D eigenvalue weighted by Crippen LogP contribution is 2.13. The molecule has 1 aromatic carbocycles. The van der Waals surface area contributed by atoms with Crippen molar-refractivity contribution in [2.75, 3.05) is 12.8 Å². The van der Waals surface area contributed by atoms with Crippen LogP contribution in [-0.2, 0) is 9.73 Å². The fourth-order valence-electron chi connectivity index (χ4n) is 1.14. The number of hydrogen-bond acceptors (Lipinski definition) is 2. The van der Waals surface area contributed by atoms with E-state index in [9.17, 15) is 4.21 Å². The lowest BCUT2D eigenvalue weighted by atomic mass is 10.4. The largest absolute Gasteiger partial charge is 0.244 e. The van der Waals surface area contributed by atoms with Gasteiger partial charge in [-0.3, -0.25) is 0 Å². The second-order valence-electron chi connectivity index (χ2n) is 2.87. The maximum atomic E-state index is 12.3. The van der Waals surface area contributed by atoms with Gasteiger partial charge in [0.25, 0.3) is 0 Å². The normalized spacial score (nSPS) is 15.3. The molecule has 0 aliphatic carbocycles. The van der Waals surface area contributed by atoms with Crippen molar-refractivity contribution >= 4 is 9.73 Å². The van der Waals surface area contributed by atoms with Crippen molar-refractivity contribution in [2.24, 2.45) is 4.36 Å². The van der Waals surface area contributed by atoms with Gasteiger partial charge in [-0.15, -0.1) is 0 Å². The lowest BCUT2D eigenvalue weighted by Gasteiger charge is -2.05. The van der Waals surface area contributed by atoms with Crippen LogP contribution < -0.4 is 0 Å². The minimum absolute atomic E-state index is 0.490. The Kier molecular flexibility index (Phi) is 3.89. The highest BCUT2D eigenvalue weighted by Gasteiger charge is 2.07. The Labute approximate surface area is 85.8 Å². The number of rotatable bonds is 3. The standard InChI is InChI=1S/C11H15NOS/c1-3-4-10-14(13,12-2)11-8-6-5-7-9-11/h3-9H,10H2,1-2H3/b4-3-. The number of hydrogen-bond donors (Lipinski definition) is 0. The van der Waals surface area contributed by atoms with Crippen molar-refractivity contribution in [3.8, 4) is 0 Å². The van der Waals surface area contributed by atoms with E-state index < -0.39 is 9.73 Å². The lowest BCUT2D eigenvalue weighted by Crippen LogP contribution is -2.04. The van der Waals surface area contributed by atoms with Crippen LogP contribution in [0.3, 0.4) is 0 Å². The van der Waals surface area contributed by atoms with E-state index in [1.807, 2.05) is 49.4 Å². The summed E-state index contributed by atoms with van der Waals surface area (Å²) in [7, 11) is -0.620. The molecule has 0 radical (unpaired) electrons. The summed E-state index contributed by atoms with van der Waals surface area (Å²) in [4.78, 5) is 0.806. The molecule has 1 atom stereocenters. The van der Waals surface area contributed by atoms with Crippen molar-refractivity contribution < 1.29 is 4.21 Å². The van der Waals surface area contributed by atoms with E-state index in [4.69, 9.17) is 0 Å². The topological polar surface area (TPSA) is 29.4 Å². The Balaban J connectivity index is 3.11. The molecule has 0 fully saturated rings. The molecule has 0 aliphatic heterocycles. The van der Waals surface area contributed by atoms with E-state index in [1.54, 1.807) is 7.05 Å². The predicted molar refractivity (Wildman–Crippen MR) is 60.9 cm³/mol. The lowest BCUT2D eigenvalue weighted by molar-refractivity contribution is 0.678. The smallest absolute Gasteiger partial charge is 0.0785 e. The Morgan fingerprint density at radius 3 is 2.50 bits per heavy atom. The summed E-state index contributed by atoms with van der Waals surface area (Å²) >= 11 is 0. The first kappa shape index (κ1) is 11.0. The van der Waals surface area contributed by atoms with Crippen molar-refractivity contribution in [3.63, 3.8) is 0 Å². The Hall–Kier alpha value is -1.09. The first-order valence-electron chi connectivity index (χ1n) is 4.52. The van der Waals surface area contributed by atoms with Crippen LogP contribution in [0.1, 0.15) is 6.92 Å². The molecule has 0 amide bonds. The highest BCUT2D eigenvalue weighted by atomic mass is 32.2. The van der Waals surface area contributed by atoms with Crippen molar-refractivity contribution in [2.45, 2.75) is 11.8 Å². The van der Waals surface area contributed by atoms with Gasteiger partial charge in [0, 0.05) is 11.9 Å². The van der Waals surface area contributed by atoms with Crippen LogP contribution in [0.15, 0.2) is 51.7 Å². The summed E-state index contributed by atoms with van der Waals surface area (Å²) in [5.74, 6) is 0.490. The highest BCUT2D eigenvalue weighted by molar-refractivity contribution is 7.93. The third kappa shape index (κ3) is 2.45. The van der Waals surface area contributed by atoms with Gasteiger partial charge < -0.3 is 0 Å². The van der Waals surface area contributed by atoms with Crippen molar-refractivity contribution in [3.05, 3.63) is 42.5 Å². The minimum Gasteiger partial charge on any atom is -0.244 e. The van der Waals surface area contributed by atoms with Gasteiger partial charge in [-0.1, -0.05) is 30.4 Å². The number of nitrogens with zero attached hydrogens (tertiary/aromatic N) is 1. The summed E-state index contributed by atoms with van der Waals surface area (Å²) in [5.41, 5.74) is 0. The van der Waals surface area contributed by atoms with Crippen LogP contribution in [-0.4, -0.2) is 17.0 Å². The molecule has 3 heteroatoms. The van der Waals surface area contributed by atoms with E-state index in [0.29, 0.717) is 5.75 Å². The van der Waals surface area contributed by atoms with E-state index in [-0.39, 0.29) is 0 Å². The monoisotopic (exact) mass is 209 g/mol. The Bertz CT molecular complexity index is 414. The van der Waals surface area contributed by atoms with Crippen LogP contribution in [0.25, 0.3) is 0 Å². The van der Waals surface area contributed by atoms with Gasteiger partial charge in [0.15, 0.2) is 0 Å². The second-order valence-corrected chi connectivity index (χ2v) is 5.32. The minimum atomic E-state index is -2.23. The first-order chi connectivity index (χ1) is 6.73. The van der Waals surface area contributed by atoms with Gasteiger partial charge in [-0.05, 0) is 19.1 Å². The quantitative estimate of drug-likeness (QED) is 0.704. The van der Waals surface area contributed by atoms with Crippen LogP contribution in [0, 0.1) is 0 Å².